The Balaban J connectivity index is 2.04. The third-order valence-corrected chi connectivity index (χ3v) is 6.47. The van der Waals surface area contributed by atoms with E-state index < -0.39 is 9.84 Å². The van der Waals surface area contributed by atoms with Crippen LogP contribution in [-0.4, -0.2) is 45.9 Å². The van der Waals surface area contributed by atoms with Crippen molar-refractivity contribution in [2.24, 2.45) is 0 Å². The largest absolute Gasteiger partial charge is 0.493 e. The highest BCUT2D eigenvalue weighted by molar-refractivity contribution is 9.10. The van der Waals surface area contributed by atoms with Gasteiger partial charge in [-0.05, 0) is 55.4 Å². The highest BCUT2D eigenvalue weighted by Gasteiger charge is 2.16. The van der Waals surface area contributed by atoms with E-state index >= 15 is 0 Å². The lowest BCUT2D eigenvalue weighted by Crippen LogP contribution is -2.29. The van der Waals surface area contributed by atoms with E-state index in [1.54, 1.807) is 31.4 Å². The third-order valence-electron chi connectivity index (χ3n) is 4.23. The minimum atomic E-state index is -3.31. The summed E-state index contributed by atoms with van der Waals surface area (Å²) in [6.45, 7) is 6.39. The van der Waals surface area contributed by atoms with Gasteiger partial charge in [0.05, 0.1) is 24.4 Å². The zero-order valence-electron chi connectivity index (χ0n) is 15.9. The molecule has 2 rings (SSSR count). The smallest absolute Gasteiger partial charge is 0.179 e. The molecule has 0 aliphatic carbocycles. The molecule has 0 aliphatic rings. The normalized spacial score (nSPS) is 11.6. The molecule has 0 bridgehead atoms. The molecule has 0 heterocycles. The molecule has 0 aromatic heterocycles. The zero-order valence-corrected chi connectivity index (χ0v) is 18.3. The number of sulfone groups is 1. The second kappa shape index (κ2) is 10.1. The van der Waals surface area contributed by atoms with Crippen LogP contribution >= 0.6 is 15.9 Å². The van der Waals surface area contributed by atoms with Crippen molar-refractivity contribution in [3.05, 3.63) is 52.5 Å². The minimum absolute atomic E-state index is 0.0800. The van der Waals surface area contributed by atoms with Crippen LogP contribution < -0.4 is 9.47 Å². The molecule has 2 aromatic rings. The van der Waals surface area contributed by atoms with Crippen LogP contribution in [0.25, 0.3) is 0 Å². The molecule has 0 atom stereocenters. The summed E-state index contributed by atoms with van der Waals surface area (Å²) in [4.78, 5) is 2.45. The first-order chi connectivity index (χ1) is 12.9. The first-order valence-corrected chi connectivity index (χ1v) is 11.3. The summed E-state index contributed by atoms with van der Waals surface area (Å²) in [6, 6.07) is 12.6. The number of rotatable bonds is 10. The third kappa shape index (κ3) is 6.23. The van der Waals surface area contributed by atoms with Crippen LogP contribution in [0.3, 0.4) is 0 Å². The van der Waals surface area contributed by atoms with E-state index in [0.29, 0.717) is 36.1 Å². The van der Waals surface area contributed by atoms with Crippen molar-refractivity contribution in [3.8, 4) is 11.5 Å². The Morgan fingerprint density at radius 3 is 2.33 bits per heavy atom. The summed E-state index contributed by atoms with van der Waals surface area (Å²) in [5.74, 6) is 1.48. The molecular formula is C20H26BrNO4S. The summed E-state index contributed by atoms with van der Waals surface area (Å²) in [7, 11) is -1.69. The van der Waals surface area contributed by atoms with Crippen LogP contribution in [0.1, 0.15) is 19.4 Å². The van der Waals surface area contributed by atoms with Gasteiger partial charge >= 0.3 is 0 Å². The average Bonchev–Trinajstić information content (AvgIpc) is 2.66. The predicted molar refractivity (Wildman–Crippen MR) is 111 cm³/mol. The number of ether oxygens (including phenoxy) is 2. The van der Waals surface area contributed by atoms with Crippen LogP contribution in [-0.2, 0) is 16.4 Å². The van der Waals surface area contributed by atoms with E-state index in [-0.39, 0.29) is 5.75 Å². The summed E-state index contributed by atoms with van der Waals surface area (Å²) < 4.78 is 36.9. The second-order valence-corrected chi connectivity index (χ2v) is 9.08. The van der Waals surface area contributed by atoms with Gasteiger partial charge < -0.3 is 9.47 Å². The summed E-state index contributed by atoms with van der Waals surface area (Å²) in [5.41, 5.74) is 1.05. The maximum Gasteiger partial charge on any atom is 0.179 e. The molecule has 0 amide bonds. The Bertz CT molecular complexity index is 838. The molecule has 0 N–H and O–H groups in total. The Morgan fingerprint density at radius 2 is 1.74 bits per heavy atom. The van der Waals surface area contributed by atoms with Crippen LogP contribution in [0.4, 0.5) is 0 Å². The van der Waals surface area contributed by atoms with E-state index in [1.165, 1.54) is 0 Å². The molecule has 0 aliphatic heterocycles. The fraction of sp³-hybridized carbons (Fsp3) is 0.400. The Labute approximate surface area is 170 Å². The van der Waals surface area contributed by atoms with Crippen molar-refractivity contribution < 1.29 is 17.9 Å². The summed E-state index contributed by atoms with van der Waals surface area (Å²) >= 11 is 3.33. The van der Waals surface area contributed by atoms with Crippen LogP contribution in [0, 0.1) is 0 Å². The molecule has 0 spiro atoms. The van der Waals surface area contributed by atoms with Crippen molar-refractivity contribution in [2.45, 2.75) is 25.3 Å². The first kappa shape index (κ1) is 21.7. The van der Waals surface area contributed by atoms with E-state index in [9.17, 15) is 8.42 Å². The summed E-state index contributed by atoms with van der Waals surface area (Å²) in [6.07, 6.45) is 0. The van der Waals surface area contributed by atoms with E-state index in [4.69, 9.17) is 9.47 Å². The van der Waals surface area contributed by atoms with E-state index in [2.05, 4.69) is 20.8 Å². The Morgan fingerprint density at radius 1 is 1.04 bits per heavy atom. The lowest BCUT2D eigenvalue weighted by molar-refractivity contribution is 0.293. The molecule has 5 nitrogen and oxygen atoms in total. The molecule has 0 fully saturated rings. The molecule has 2 aromatic carbocycles. The highest BCUT2D eigenvalue weighted by Crippen LogP contribution is 2.28. The van der Waals surface area contributed by atoms with Gasteiger partial charge in [0.2, 0.25) is 0 Å². The SMILES string of the molecule is CCOc1ccc(CN(CC)CCS(=O)(=O)c2ccc(Br)cc2)cc1OC. The quantitative estimate of drug-likeness (QED) is 0.538. The maximum atomic E-state index is 12.6. The van der Waals surface area contributed by atoms with Gasteiger partial charge in [-0.2, -0.15) is 0 Å². The van der Waals surface area contributed by atoms with Gasteiger partial charge in [0, 0.05) is 17.6 Å². The number of benzene rings is 2. The number of hydrogen-bond donors (Lipinski definition) is 0. The number of nitrogens with zero attached hydrogens (tertiary/aromatic N) is 1. The molecule has 0 radical (unpaired) electrons. The van der Waals surface area contributed by atoms with Crippen LogP contribution in [0.15, 0.2) is 51.8 Å². The molecule has 0 saturated carbocycles. The predicted octanol–water partition coefficient (Wildman–Crippen LogP) is 4.15. The van der Waals surface area contributed by atoms with Gasteiger partial charge in [-0.15, -0.1) is 0 Å². The van der Waals surface area contributed by atoms with Gasteiger partial charge in [0.15, 0.2) is 21.3 Å². The van der Waals surface area contributed by atoms with Crippen LogP contribution in [0.5, 0.6) is 11.5 Å². The topological polar surface area (TPSA) is 55.8 Å². The number of methoxy groups -OCH3 is 1. The molecular weight excluding hydrogens is 430 g/mol. The molecule has 0 saturated heterocycles. The van der Waals surface area contributed by atoms with Crippen molar-refractivity contribution in [1.82, 2.24) is 4.90 Å². The van der Waals surface area contributed by atoms with Crippen molar-refractivity contribution in [2.75, 3.05) is 32.6 Å². The lowest BCUT2D eigenvalue weighted by Gasteiger charge is -2.21. The van der Waals surface area contributed by atoms with Crippen molar-refractivity contribution >= 4 is 25.8 Å². The van der Waals surface area contributed by atoms with Gasteiger partial charge in [0.25, 0.3) is 0 Å². The lowest BCUT2D eigenvalue weighted by atomic mass is 10.2. The maximum absolute atomic E-state index is 12.6. The molecule has 27 heavy (non-hydrogen) atoms. The van der Waals surface area contributed by atoms with Crippen molar-refractivity contribution in [1.29, 1.82) is 0 Å². The van der Waals surface area contributed by atoms with Crippen molar-refractivity contribution in [3.63, 3.8) is 0 Å². The second-order valence-electron chi connectivity index (χ2n) is 6.06. The zero-order chi connectivity index (χ0) is 19.9. The van der Waals surface area contributed by atoms with Gasteiger partial charge in [-0.1, -0.05) is 28.9 Å². The van der Waals surface area contributed by atoms with Gasteiger partial charge in [-0.3, -0.25) is 4.90 Å². The van der Waals surface area contributed by atoms with Crippen LogP contribution in [0.2, 0.25) is 0 Å². The average molecular weight is 456 g/mol. The Kier molecular flexibility index (Phi) is 8.13. The Hall–Kier alpha value is -1.57. The molecule has 0 unspecified atom stereocenters. The first-order valence-electron chi connectivity index (χ1n) is 8.90. The standard InChI is InChI=1S/C20H26BrNO4S/c1-4-22(12-13-27(23,24)18-9-7-17(21)8-10-18)15-16-6-11-19(26-5-2)20(14-16)25-3/h6-11,14H,4-5,12-13,15H2,1-3H3. The fourth-order valence-electron chi connectivity index (χ4n) is 2.70. The summed E-state index contributed by atoms with van der Waals surface area (Å²) in [5, 5.41) is 0. The minimum Gasteiger partial charge on any atom is -0.493 e. The number of halogens is 1. The molecule has 7 heteroatoms. The number of hydrogen-bond acceptors (Lipinski definition) is 5. The van der Waals surface area contributed by atoms with E-state index in [1.807, 2.05) is 32.0 Å². The molecule has 148 valence electrons. The van der Waals surface area contributed by atoms with Gasteiger partial charge in [-0.25, -0.2) is 8.42 Å². The fourth-order valence-corrected chi connectivity index (χ4v) is 4.25. The van der Waals surface area contributed by atoms with E-state index in [0.717, 1.165) is 16.6 Å². The monoisotopic (exact) mass is 455 g/mol. The van der Waals surface area contributed by atoms with Gasteiger partial charge in [0.1, 0.15) is 0 Å². The highest BCUT2D eigenvalue weighted by atomic mass is 79.9.